The summed E-state index contributed by atoms with van der Waals surface area (Å²) in [5.41, 5.74) is 2.09. The van der Waals surface area contributed by atoms with Gasteiger partial charge in [0.25, 0.3) is 0 Å². The number of anilines is 2. The molecule has 6 nitrogen and oxygen atoms in total. The monoisotopic (exact) mass is 332 g/mol. The maximum atomic E-state index is 12.4. The van der Waals surface area contributed by atoms with E-state index in [1.54, 1.807) is 0 Å². The zero-order chi connectivity index (χ0) is 16.8. The fourth-order valence-corrected chi connectivity index (χ4v) is 3.43. The number of β-amino-alcohol motifs (C(OH)–C–C–N with tert-alkyl or cyclic N) is 1. The first-order valence-corrected chi connectivity index (χ1v) is 9.00. The van der Waals surface area contributed by atoms with E-state index in [4.69, 9.17) is 5.11 Å². The highest BCUT2D eigenvalue weighted by Crippen LogP contribution is 2.22. The second-order valence-corrected chi connectivity index (χ2v) is 6.58. The smallest absolute Gasteiger partial charge is 0.321 e. The predicted molar refractivity (Wildman–Crippen MR) is 96.6 cm³/mol. The van der Waals surface area contributed by atoms with Crippen molar-refractivity contribution in [3.63, 3.8) is 0 Å². The van der Waals surface area contributed by atoms with E-state index < -0.39 is 0 Å². The van der Waals surface area contributed by atoms with E-state index in [2.05, 4.69) is 27.2 Å². The van der Waals surface area contributed by atoms with Gasteiger partial charge in [-0.2, -0.15) is 0 Å². The zero-order valence-electron chi connectivity index (χ0n) is 14.3. The number of nitrogens with zero attached hydrogens (tertiary/aromatic N) is 3. The Kier molecular flexibility index (Phi) is 5.93. The average molecular weight is 332 g/mol. The number of hydrogen-bond donors (Lipinski definition) is 2. The predicted octanol–water partition coefficient (Wildman–Crippen LogP) is 1.82. The molecule has 2 heterocycles. The number of urea groups is 1. The van der Waals surface area contributed by atoms with Gasteiger partial charge in [0.15, 0.2) is 0 Å². The van der Waals surface area contributed by atoms with Gasteiger partial charge in [-0.1, -0.05) is 0 Å². The molecular formula is C18H28N4O2. The van der Waals surface area contributed by atoms with Gasteiger partial charge in [0.05, 0.1) is 6.61 Å². The zero-order valence-corrected chi connectivity index (χ0v) is 14.3. The van der Waals surface area contributed by atoms with E-state index in [0.717, 1.165) is 31.9 Å². The van der Waals surface area contributed by atoms with Gasteiger partial charge in [0, 0.05) is 57.2 Å². The summed E-state index contributed by atoms with van der Waals surface area (Å²) in [6, 6.07) is 8.14. The second kappa shape index (κ2) is 8.35. The Bertz CT molecular complexity index is 520. The van der Waals surface area contributed by atoms with Crippen molar-refractivity contribution < 1.29 is 9.90 Å². The van der Waals surface area contributed by atoms with Crippen molar-refractivity contribution in [3.8, 4) is 0 Å². The molecule has 0 unspecified atom stereocenters. The molecule has 0 aliphatic carbocycles. The maximum Gasteiger partial charge on any atom is 0.321 e. The third-order valence-electron chi connectivity index (χ3n) is 4.92. The minimum Gasteiger partial charge on any atom is -0.395 e. The number of carbonyl (C=O) groups excluding carboxylic acids is 1. The number of hydrogen-bond acceptors (Lipinski definition) is 4. The summed E-state index contributed by atoms with van der Waals surface area (Å²) in [4.78, 5) is 18.8. The lowest BCUT2D eigenvalue weighted by molar-refractivity contribution is 0.127. The largest absolute Gasteiger partial charge is 0.395 e. The van der Waals surface area contributed by atoms with Crippen LogP contribution in [0.15, 0.2) is 24.3 Å². The molecule has 0 aromatic heterocycles. The fraction of sp³-hybridized carbons (Fsp3) is 0.611. The number of piperidine rings is 1. The van der Waals surface area contributed by atoms with Crippen LogP contribution in [0.2, 0.25) is 0 Å². The summed E-state index contributed by atoms with van der Waals surface area (Å²) in [5.74, 6) is 0. The minimum absolute atomic E-state index is 0.0376. The van der Waals surface area contributed by atoms with Gasteiger partial charge in [-0.3, -0.25) is 4.90 Å². The van der Waals surface area contributed by atoms with Crippen molar-refractivity contribution in [3.05, 3.63) is 24.3 Å². The Morgan fingerprint density at radius 2 is 1.62 bits per heavy atom. The van der Waals surface area contributed by atoms with Crippen molar-refractivity contribution >= 4 is 17.4 Å². The molecule has 1 aromatic rings. The van der Waals surface area contributed by atoms with Crippen LogP contribution >= 0.6 is 0 Å². The molecule has 132 valence electrons. The number of aliphatic hydroxyl groups excluding tert-OH is 1. The molecule has 3 rings (SSSR count). The summed E-state index contributed by atoms with van der Waals surface area (Å²) in [7, 11) is 0. The molecule has 2 N–H and O–H groups in total. The highest BCUT2D eigenvalue weighted by molar-refractivity contribution is 5.89. The van der Waals surface area contributed by atoms with Crippen LogP contribution in [0.25, 0.3) is 0 Å². The third-order valence-corrected chi connectivity index (χ3v) is 4.92. The van der Waals surface area contributed by atoms with Crippen LogP contribution in [-0.4, -0.2) is 73.4 Å². The molecule has 2 fully saturated rings. The summed E-state index contributed by atoms with van der Waals surface area (Å²) in [6.45, 7) is 6.18. The van der Waals surface area contributed by atoms with Crippen molar-refractivity contribution in [2.45, 2.75) is 19.3 Å². The average Bonchev–Trinajstić information content (AvgIpc) is 2.64. The molecule has 2 aliphatic heterocycles. The Morgan fingerprint density at radius 1 is 0.958 bits per heavy atom. The normalized spacial score (nSPS) is 19.4. The van der Waals surface area contributed by atoms with E-state index >= 15 is 0 Å². The first-order chi connectivity index (χ1) is 11.8. The summed E-state index contributed by atoms with van der Waals surface area (Å²) in [6.07, 6.45) is 3.86. The third kappa shape index (κ3) is 4.39. The van der Waals surface area contributed by atoms with Gasteiger partial charge >= 0.3 is 6.03 Å². The van der Waals surface area contributed by atoms with E-state index in [1.807, 2.05) is 17.0 Å². The summed E-state index contributed by atoms with van der Waals surface area (Å²) in [5, 5.41) is 12.0. The standard InChI is InChI=1S/C18H28N4O2/c23-15-14-20-10-12-22(13-11-20)18(24)19-16-4-6-17(7-5-16)21-8-2-1-3-9-21/h4-7,23H,1-3,8-15H2,(H,19,24). The number of rotatable bonds is 4. The van der Waals surface area contributed by atoms with Crippen LogP contribution in [0.1, 0.15) is 19.3 Å². The van der Waals surface area contributed by atoms with Gasteiger partial charge in [0.1, 0.15) is 0 Å². The summed E-state index contributed by atoms with van der Waals surface area (Å²) >= 11 is 0. The van der Waals surface area contributed by atoms with Gasteiger partial charge in [-0.25, -0.2) is 4.79 Å². The molecule has 2 saturated heterocycles. The molecule has 0 bridgehead atoms. The summed E-state index contributed by atoms with van der Waals surface area (Å²) < 4.78 is 0. The van der Waals surface area contributed by atoms with E-state index in [0.29, 0.717) is 19.6 Å². The highest BCUT2D eigenvalue weighted by Gasteiger charge is 2.20. The first-order valence-electron chi connectivity index (χ1n) is 9.00. The molecule has 2 amide bonds. The van der Waals surface area contributed by atoms with Gasteiger partial charge in [0.2, 0.25) is 0 Å². The van der Waals surface area contributed by atoms with Crippen LogP contribution in [-0.2, 0) is 0 Å². The van der Waals surface area contributed by atoms with Gasteiger partial charge < -0.3 is 20.2 Å². The lowest BCUT2D eigenvalue weighted by Crippen LogP contribution is -2.50. The minimum atomic E-state index is -0.0376. The number of piperazine rings is 1. The van der Waals surface area contributed by atoms with Crippen LogP contribution in [0.5, 0.6) is 0 Å². The highest BCUT2D eigenvalue weighted by atomic mass is 16.3. The van der Waals surface area contributed by atoms with Gasteiger partial charge in [-0.15, -0.1) is 0 Å². The van der Waals surface area contributed by atoms with Crippen molar-refractivity contribution in [1.82, 2.24) is 9.80 Å². The van der Waals surface area contributed by atoms with E-state index in [9.17, 15) is 4.79 Å². The van der Waals surface area contributed by atoms with Crippen LogP contribution in [0.4, 0.5) is 16.2 Å². The second-order valence-electron chi connectivity index (χ2n) is 6.58. The van der Waals surface area contributed by atoms with Crippen LogP contribution < -0.4 is 10.2 Å². The van der Waals surface area contributed by atoms with Gasteiger partial charge in [-0.05, 0) is 43.5 Å². The molecule has 6 heteroatoms. The Hall–Kier alpha value is -1.79. The van der Waals surface area contributed by atoms with Crippen LogP contribution in [0, 0.1) is 0 Å². The molecule has 0 saturated carbocycles. The first kappa shape index (κ1) is 17.0. The molecule has 2 aliphatic rings. The topological polar surface area (TPSA) is 59.1 Å². The SMILES string of the molecule is O=C(Nc1ccc(N2CCCCC2)cc1)N1CCN(CCO)CC1. The number of nitrogens with one attached hydrogen (secondary N) is 1. The lowest BCUT2D eigenvalue weighted by Gasteiger charge is -2.34. The quantitative estimate of drug-likeness (QED) is 0.883. The number of aliphatic hydroxyl groups is 1. The van der Waals surface area contributed by atoms with Crippen LogP contribution in [0.3, 0.4) is 0 Å². The Morgan fingerprint density at radius 3 is 2.25 bits per heavy atom. The van der Waals surface area contributed by atoms with Crippen molar-refractivity contribution in [2.75, 3.05) is 62.6 Å². The number of carbonyl (C=O) groups is 1. The Balaban J connectivity index is 1.49. The Labute approximate surface area is 144 Å². The van der Waals surface area contributed by atoms with E-state index in [-0.39, 0.29) is 12.6 Å². The molecule has 1 aromatic carbocycles. The van der Waals surface area contributed by atoms with Crippen molar-refractivity contribution in [1.29, 1.82) is 0 Å². The number of benzene rings is 1. The molecule has 24 heavy (non-hydrogen) atoms. The number of amides is 2. The molecule has 0 atom stereocenters. The maximum absolute atomic E-state index is 12.4. The fourth-order valence-electron chi connectivity index (χ4n) is 3.43. The molecule has 0 spiro atoms. The lowest BCUT2D eigenvalue weighted by atomic mass is 10.1. The van der Waals surface area contributed by atoms with E-state index in [1.165, 1.54) is 24.9 Å². The molecular weight excluding hydrogens is 304 g/mol. The van der Waals surface area contributed by atoms with Crippen molar-refractivity contribution in [2.24, 2.45) is 0 Å². The molecule has 0 radical (unpaired) electrons.